The molecule has 73 heavy (non-hydrogen) atoms. The van der Waals surface area contributed by atoms with E-state index in [2.05, 4.69) is 106 Å². The zero-order chi connectivity index (χ0) is 51.1. The zero-order valence-corrected chi connectivity index (χ0v) is 48.5. The quantitative estimate of drug-likeness (QED) is 0.0917. The van der Waals surface area contributed by atoms with Crippen LogP contribution in [0.25, 0.3) is 66.1 Å². The van der Waals surface area contributed by atoms with E-state index in [1.165, 1.54) is 21.5 Å². The first-order valence-corrected chi connectivity index (χ1v) is 28.2. The van der Waals surface area contributed by atoms with Gasteiger partial charge in [-0.15, -0.1) is 154 Å². The van der Waals surface area contributed by atoms with Gasteiger partial charge >= 0.3 is 20.1 Å². The van der Waals surface area contributed by atoms with Crippen LogP contribution in [0.4, 0.5) is 0 Å². The molecule has 2 atom stereocenters. The van der Waals surface area contributed by atoms with Crippen molar-refractivity contribution in [3.8, 4) is 45.9 Å². The molecule has 0 aliphatic heterocycles. The van der Waals surface area contributed by atoms with Gasteiger partial charge in [-0.05, 0) is 121 Å². The van der Waals surface area contributed by atoms with Crippen molar-refractivity contribution in [3.63, 3.8) is 0 Å². The Bertz CT molecular complexity index is 3190. The first-order chi connectivity index (χ1) is 34.8. The van der Waals surface area contributed by atoms with Gasteiger partial charge in [0.1, 0.15) is 7.06 Å². The Morgan fingerprint density at radius 1 is 0.507 bits per heavy atom. The Morgan fingerprint density at radius 2 is 0.863 bits per heavy atom. The molecule has 0 saturated heterocycles. The van der Waals surface area contributed by atoms with Gasteiger partial charge in [-0.3, -0.25) is 0 Å². The Balaban J connectivity index is 0.000000184. The van der Waals surface area contributed by atoms with Crippen molar-refractivity contribution >= 4 is 111 Å². The van der Waals surface area contributed by atoms with E-state index in [0.29, 0.717) is 0 Å². The number of aromatic nitrogens is 3. The molecule has 0 aliphatic carbocycles. The van der Waals surface area contributed by atoms with Gasteiger partial charge in [0.2, 0.25) is 0 Å². The van der Waals surface area contributed by atoms with Gasteiger partial charge in [0.05, 0.1) is 23.0 Å². The number of nitrogens with zero attached hydrogens (tertiary/aromatic N) is 5. The SMILES string of the molecule is CSC(=S)SC(CC(C)(C)C#N)c1c[c-]c(-c2nccc3ccccc23)cc1.CSC(=S)SC(CC(C)(C)C#N)c1c[c-]c(-c2nccc3ccccc23)cc1.[Ir+3].[c-]1ccccc1-c1nccc2ccccc12. The van der Waals surface area contributed by atoms with E-state index >= 15 is 0 Å². The predicted octanol–water partition coefficient (Wildman–Crippen LogP) is 17.8. The molecule has 0 aliphatic rings. The number of thiocarbonyl (C=S) groups is 2. The fraction of sp³-hybridized carbons (Fsp3) is 0.197. The molecule has 9 aromatic rings. The number of hydrogen-bond donors (Lipinski definition) is 0. The second kappa shape index (κ2) is 27.3. The van der Waals surface area contributed by atoms with Crippen molar-refractivity contribution in [2.45, 2.75) is 51.0 Å². The summed E-state index contributed by atoms with van der Waals surface area (Å²) < 4.78 is 1.78. The number of nitriles is 2. The smallest absolute Gasteiger partial charge is 0.304 e. The van der Waals surface area contributed by atoms with Gasteiger partial charge in [0.25, 0.3) is 0 Å². The molecule has 0 fully saturated rings. The maximum atomic E-state index is 9.46. The van der Waals surface area contributed by atoms with Crippen LogP contribution in [0.1, 0.15) is 62.2 Å². The number of pyridine rings is 3. The molecule has 0 spiro atoms. The molecule has 6 aromatic carbocycles. The molecule has 366 valence electrons. The summed E-state index contributed by atoms with van der Waals surface area (Å²) in [4.78, 5) is 13.6. The van der Waals surface area contributed by atoms with Crippen molar-refractivity contribution in [2.24, 2.45) is 10.8 Å². The summed E-state index contributed by atoms with van der Waals surface area (Å²) in [7, 11) is 0. The number of benzene rings is 6. The van der Waals surface area contributed by atoms with Crippen LogP contribution in [0.2, 0.25) is 0 Å². The predicted molar refractivity (Wildman–Crippen MR) is 319 cm³/mol. The average molecular weight is 1240 g/mol. The van der Waals surface area contributed by atoms with Crippen LogP contribution in [-0.2, 0) is 20.1 Å². The van der Waals surface area contributed by atoms with E-state index in [4.69, 9.17) is 24.4 Å². The molecule has 3 aromatic heterocycles. The van der Waals surface area contributed by atoms with Crippen LogP contribution in [0, 0.1) is 51.7 Å². The van der Waals surface area contributed by atoms with Gasteiger partial charge in [-0.25, -0.2) is 0 Å². The third kappa shape index (κ3) is 15.6. The molecule has 2 unspecified atom stereocenters. The molecule has 9 rings (SSSR count). The maximum Gasteiger partial charge on any atom is 3.00 e. The summed E-state index contributed by atoms with van der Waals surface area (Å²) in [5.41, 5.74) is 7.29. The summed E-state index contributed by atoms with van der Waals surface area (Å²) in [6.45, 7) is 7.89. The summed E-state index contributed by atoms with van der Waals surface area (Å²) in [5.74, 6) is 0. The Kier molecular flexibility index (Phi) is 21.4. The van der Waals surface area contributed by atoms with E-state index in [9.17, 15) is 10.5 Å². The minimum absolute atomic E-state index is 0. The summed E-state index contributed by atoms with van der Waals surface area (Å²) in [5, 5.41) is 26.1. The van der Waals surface area contributed by atoms with Crippen LogP contribution in [0.3, 0.4) is 0 Å². The Labute approximate surface area is 472 Å². The van der Waals surface area contributed by atoms with Gasteiger partial charge in [-0.1, -0.05) is 97.2 Å². The van der Waals surface area contributed by atoms with Gasteiger partial charge < -0.3 is 15.0 Å². The first kappa shape index (κ1) is 57.0. The number of hydrogen-bond acceptors (Lipinski definition) is 11. The minimum Gasteiger partial charge on any atom is -0.304 e. The van der Waals surface area contributed by atoms with Crippen LogP contribution < -0.4 is 0 Å². The molecule has 0 bridgehead atoms. The van der Waals surface area contributed by atoms with E-state index < -0.39 is 10.8 Å². The van der Waals surface area contributed by atoms with Crippen molar-refractivity contribution < 1.29 is 20.1 Å². The van der Waals surface area contributed by atoms with Crippen LogP contribution in [0.5, 0.6) is 0 Å². The van der Waals surface area contributed by atoms with Gasteiger partial charge in [-0.2, -0.15) is 10.5 Å². The molecule has 5 nitrogen and oxygen atoms in total. The van der Waals surface area contributed by atoms with Crippen molar-refractivity contribution in [2.75, 3.05) is 12.5 Å². The molecule has 0 N–H and O–H groups in total. The Hall–Kier alpha value is -5.24. The van der Waals surface area contributed by atoms with E-state index in [1.54, 1.807) is 47.0 Å². The molecule has 12 heteroatoms. The van der Waals surface area contributed by atoms with E-state index in [1.807, 2.05) is 150 Å². The summed E-state index contributed by atoms with van der Waals surface area (Å²) in [6, 6.07) is 66.0. The fourth-order valence-electron chi connectivity index (χ4n) is 7.91. The molecule has 0 saturated carbocycles. The molecular weight excluding hydrogens is 1190 g/mol. The van der Waals surface area contributed by atoms with Crippen molar-refractivity contribution in [3.05, 3.63) is 200 Å². The Morgan fingerprint density at radius 3 is 1.18 bits per heavy atom. The van der Waals surface area contributed by atoms with Crippen molar-refractivity contribution in [1.82, 2.24) is 15.0 Å². The number of fused-ring (bicyclic) bond motifs is 3. The molecule has 0 radical (unpaired) electrons. The minimum atomic E-state index is -0.415. The topological polar surface area (TPSA) is 86.2 Å². The van der Waals surface area contributed by atoms with Crippen molar-refractivity contribution in [1.29, 1.82) is 10.5 Å². The average Bonchev–Trinajstić information content (AvgIpc) is 3.42. The van der Waals surface area contributed by atoms with E-state index in [0.717, 1.165) is 75.6 Å². The van der Waals surface area contributed by atoms with Crippen LogP contribution in [0.15, 0.2) is 170 Å². The van der Waals surface area contributed by atoms with Gasteiger partial charge in [0.15, 0.2) is 0 Å². The second-order valence-electron chi connectivity index (χ2n) is 18.0. The third-order valence-electron chi connectivity index (χ3n) is 11.7. The number of thioether (sulfide) groups is 4. The summed E-state index contributed by atoms with van der Waals surface area (Å²) >= 11 is 17.3. The molecule has 0 amide bonds. The number of rotatable bonds is 11. The largest absolute Gasteiger partial charge is 3.00 e. The fourth-order valence-corrected chi connectivity index (χ4v) is 12.1. The van der Waals surface area contributed by atoms with Gasteiger partial charge in [0, 0.05) is 29.1 Å². The second-order valence-corrected chi connectivity index (χ2v) is 24.4. The normalized spacial score (nSPS) is 11.9. The summed E-state index contributed by atoms with van der Waals surface area (Å²) in [6.07, 6.45) is 11.0. The zero-order valence-electron chi connectivity index (χ0n) is 41.3. The maximum absolute atomic E-state index is 9.46. The standard InChI is InChI=1S/2C23H21N2S3.C15H10N.Ir/c2*1-23(2,15-24)14-20(28-22(26)27-3)17-8-10-18(11-9-17)21-19-7-5-4-6-16(19)12-13-25-21;1-2-7-13(8-3-1)15-14-9-5-4-6-12(14)10-11-16-15;/h2*4-10,12-13,20H,14H2,1-3H3;1-7,9-11H;/q3*-1;+3. The monoisotopic (exact) mass is 1240 g/mol. The van der Waals surface area contributed by atoms with Crippen LogP contribution in [-0.4, -0.2) is 34.5 Å². The van der Waals surface area contributed by atoms with Crippen LogP contribution >= 0.6 is 71.5 Å². The van der Waals surface area contributed by atoms with E-state index in [-0.39, 0.29) is 30.6 Å². The molecular formula is C61H52IrN5S6. The third-order valence-corrected chi connectivity index (χ3v) is 17.4. The molecule has 3 heterocycles. The first-order valence-electron chi connectivity index (χ1n) is 23.2.